The normalized spacial score (nSPS) is 14.2. The molecule has 2 rings (SSSR count). The minimum Gasteiger partial charge on any atom is -0.341 e. The van der Waals surface area contributed by atoms with E-state index in [4.69, 9.17) is 5.73 Å². The zero-order chi connectivity index (χ0) is 13.7. The van der Waals surface area contributed by atoms with Gasteiger partial charge in [-0.15, -0.1) is 0 Å². The first-order valence-electron chi connectivity index (χ1n) is 6.76. The Morgan fingerprint density at radius 3 is 2.79 bits per heavy atom. The van der Waals surface area contributed by atoms with E-state index in [9.17, 15) is 4.79 Å². The molecule has 0 saturated heterocycles. The first-order valence-corrected chi connectivity index (χ1v) is 6.76. The number of rotatable bonds is 3. The lowest BCUT2D eigenvalue weighted by Gasteiger charge is -2.30. The summed E-state index contributed by atoms with van der Waals surface area (Å²) in [6, 6.07) is 7.47. The van der Waals surface area contributed by atoms with E-state index in [1.807, 2.05) is 36.2 Å². The van der Waals surface area contributed by atoms with Gasteiger partial charge in [-0.3, -0.25) is 4.79 Å². The Balaban J connectivity index is 2.13. The van der Waals surface area contributed by atoms with Crippen molar-refractivity contribution in [3.05, 3.63) is 35.4 Å². The number of carbonyl (C=O) groups excluding carboxylic acids is 1. The average molecular weight is 256 g/mol. The fourth-order valence-corrected chi connectivity index (χ4v) is 2.28. The Morgan fingerprint density at radius 1 is 1.42 bits per heavy atom. The predicted octanol–water partition coefficient (Wildman–Crippen LogP) is 1.87. The van der Waals surface area contributed by atoms with Crippen LogP contribution in [-0.2, 0) is 0 Å². The van der Waals surface area contributed by atoms with Gasteiger partial charge in [0, 0.05) is 19.2 Å². The first kappa shape index (κ1) is 13.6. The standard InChI is InChI=1S/C16H20N2O/c1-18(12-13-6-4-7-13)16(19)15-10-3-2-8-14(15)9-5-11-17/h2-3,8,10,13H,4,6-7,11-12,17H2,1H3. The second-order valence-corrected chi connectivity index (χ2v) is 5.03. The van der Waals surface area contributed by atoms with Crippen LogP contribution in [-0.4, -0.2) is 30.9 Å². The average Bonchev–Trinajstić information content (AvgIpc) is 2.39. The maximum Gasteiger partial charge on any atom is 0.254 e. The number of amides is 1. The topological polar surface area (TPSA) is 46.3 Å². The number of benzene rings is 1. The fraction of sp³-hybridized carbons (Fsp3) is 0.438. The van der Waals surface area contributed by atoms with Crippen molar-refractivity contribution in [2.75, 3.05) is 20.1 Å². The molecule has 100 valence electrons. The molecule has 3 heteroatoms. The van der Waals surface area contributed by atoms with Crippen LogP contribution in [0.15, 0.2) is 24.3 Å². The van der Waals surface area contributed by atoms with Gasteiger partial charge in [-0.1, -0.05) is 30.4 Å². The lowest BCUT2D eigenvalue weighted by molar-refractivity contribution is 0.0745. The van der Waals surface area contributed by atoms with Gasteiger partial charge >= 0.3 is 0 Å². The predicted molar refractivity (Wildman–Crippen MR) is 76.7 cm³/mol. The van der Waals surface area contributed by atoms with Crippen molar-refractivity contribution < 1.29 is 4.79 Å². The molecule has 3 nitrogen and oxygen atoms in total. The molecule has 0 aromatic heterocycles. The minimum atomic E-state index is 0.0498. The van der Waals surface area contributed by atoms with Crippen LogP contribution in [0, 0.1) is 17.8 Å². The van der Waals surface area contributed by atoms with Crippen molar-refractivity contribution in [1.82, 2.24) is 4.90 Å². The van der Waals surface area contributed by atoms with E-state index in [-0.39, 0.29) is 5.91 Å². The molecule has 0 heterocycles. The number of hydrogen-bond acceptors (Lipinski definition) is 2. The number of hydrogen-bond donors (Lipinski definition) is 1. The molecule has 1 amide bonds. The maximum atomic E-state index is 12.4. The van der Waals surface area contributed by atoms with E-state index < -0.39 is 0 Å². The van der Waals surface area contributed by atoms with Gasteiger partial charge in [0.25, 0.3) is 5.91 Å². The van der Waals surface area contributed by atoms with Gasteiger partial charge in [0.1, 0.15) is 0 Å². The van der Waals surface area contributed by atoms with Crippen molar-refractivity contribution in [3.63, 3.8) is 0 Å². The van der Waals surface area contributed by atoms with E-state index in [1.54, 1.807) is 0 Å². The molecule has 0 unspecified atom stereocenters. The summed E-state index contributed by atoms with van der Waals surface area (Å²) in [6.07, 6.45) is 3.78. The van der Waals surface area contributed by atoms with Crippen LogP contribution in [0.1, 0.15) is 35.2 Å². The molecule has 0 spiro atoms. The quantitative estimate of drug-likeness (QED) is 0.839. The molecule has 0 atom stereocenters. The monoisotopic (exact) mass is 256 g/mol. The van der Waals surface area contributed by atoms with E-state index in [0.29, 0.717) is 18.0 Å². The molecular formula is C16H20N2O. The summed E-state index contributed by atoms with van der Waals surface area (Å²) in [5, 5.41) is 0. The van der Waals surface area contributed by atoms with Crippen LogP contribution in [0.3, 0.4) is 0 Å². The highest BCUT2D eigenvalue weighted by atomic mass is 16.2. The Labute approximate surface area is 114 Å². The molecule has 1 aliphatic carbocycles. The highest BCUT2D eigenvalue weighted by Gasteiger charge is 2.22. The SMILES string of the molecule is CN(CC1CCC1)C(=O)c1ccccc1C#CCN. The van der Waals surface area contributed by atoms with Crippen molar-refractivity contribution in [1.29, 1.82) is 0 Å². The summed E-state index contributed by atoms with van der Waals surface area (Å²) < 4.78 is 0. The first-order chi connectivity index (χ1) is 9.22. The van der Waals surface area contributed by atoms with Gasteiger partial charge in [-0.2, -0.15) is 0 Å². The molecule has 0 radical (unpaired) electrons. The molecule has 1 saturated carbocycles. The Morgan fingerprint density at radius 2 is 2.16 bits per heavy atom. The highest BCUT2D eigenvalue weighted by Crippen LogP contribution is 2.27. The van der Waals surface area contributed by atoms with E-state index in [1.165, 1.54) is 19.3 Å². The summed E-state index contributed by atoms with van der Waals surface area (Å²) in [6.45, 7) is 1.15. The molecule has 19 heavy (non-hydrogen) atoms. The number of nitrogens with zero attached hydrogens (tertiary/aromatic N) is 1. The van der Waals surface area contributed by atoms with Crippen LogP contribution < -0.4 is 5.73 Å². The second kappa shape index (κ2) is 6.40. The Hall–Kier alpha value is -1.79. The van der Waals surface area contributed by atoms with Crippen LogP contribution in [0.25, 0.3) is 0 Å². The van der Waals surface area contributed by atoms with Crippen molar-refractivity contribution in [2.45, 2.75) is 19.3 Å². The van der Waals surface area contributed by atoms with E-state index in [0.717, 1.165) is 12.1 Å². The van der Waals surface area contributed by atoms with Crippen LogP contribution in [0.5, 0.6) is 0 Å². The summed E-state index contributed by atoms with van der Waals surface area (Å²) in [4.78, 5) is 14.2. The number of carbonyl (C=O) groups is 1. The molecule has 2 N–H and O–H groups in total. The molecule has 1 aromatic carbocycles. The van der Waals surface area contributed by atoms with E-state index in [2.05, 4.69) is 11.8 Å². The van der Waals surface area contributed by atoms with Gasteiger partial charge in [0.05, 0.1) is 12.1 Å². The van der Waals surface area contributed by atoms with Crippen LogP contribution in [0.2, 0.25) is 0 Å². The molecule has 1 aromatic rings. The van der Waals surface area contributed by atoms with Gasteiger partial charge in [-0.05, 0) is 30.9 Å². The minimum absolute atomic E-state index is 0.0498. The zero-order valence-corrected chi connectivity index (χ0v) is 11.4. The lowest BCUT2D eigenvalue weighted by Crippen LogP contribution is -2.34. The Kier molecular flexibility index (Phi) is 4.59. The van der Waals surface area contributed by atoms with Gasteiger partial charge < -0.3 is 10.6 Å². The van der Waals surface area contributed by atoms with Crippen molar-refractivity contribution in [3.8, 4) is 11.8 Å². The molecule has 0 aliphatic heterocycles. The molecule has 1 fully saturated rings. The number of nitrogens with two attached hydrogens (primary N) is 1. The van der Waals surface area contributed by atoms with Gasteiger partial charge in [0.2, 0.25) is 0 Å². The lowest BCUT2D eigenvalue weighted by atomic mass is 9.85. The third kappa shape index (κ3) is 3.36. The highest BCUT2D eigenvalue weighted by molar-refractivity contribution is 5.96. The largest absolute Gasteiger partial charge is 0.341 e. The van der Waals surface area contributed by atoms with Crippen molar-refractivity contribution >= 4 is 5.91 Å². The summed E-state index contributed by atoms with van der Waals surface area (Å²) in [7, 11) is 1.87. The third-order valence-corrected chi connectivity index (χ3v) is 3.59. The smallest absolute Gasteiger partial charge is 0.254 e. The zero-order valence-electron chi connectivity index (χ0n) is 11.4. The summed E-state index contributed by atoms with van der Waals surface area (Å²) in [5.41, 5.74) is 6.82. The molecule has 0 bridgehead atoms. The van der Waals surface area contributed by atoms with Crippen LogP contribution in [0.4, 0.5) is 0 Å². The van der Waals surface area contributed by atoms with E-state index >= 15 is 0 Å². The maximum absolute atomic E-state index is 12.4. The molecule has 1 aliphatic rings. The van der Waals surface area contributed by atoms with Gasteiger partial charge in [0.15, 0.2) is 0 Å². The Bertz CT molecular complexity index is 509. The van der Waals surface area contributed by atoms with Crippen molar-refractivity contribution in [2.24, 2.45) is 11.7 Å². The fourth-order valence-electron chi connectivity index (χ4n) is 2.28. The molecular weight excluding hydrogens is 236 g/mol. The second-order valence-electron chi connectivity index (χ2n) is 5.03. The third-order valence-electron chi connectivity index (χ3n) is 3.59. The summed E-state index contributed by atoms with van der Waals surface area (Å²) >= 11 is 0. The van der Waals surface area contributed by atoms with Crippen LogP contribution >= 0.6 is 0 Å². The summed E-state index contributed by atoms with van der Waals surface area (Å²) in [5.74, 6) is 6.50. The van der Waals surface area contributed by atoms with Gasteiger partial charge in [-0.25, -0.2) is 0 Å².